The summed E-state index contributed by atoms with van der Waals surface area (Å²) in [5.41, 5.74) is 0. The van der Waals surface area contributed by atoms with Gasteiger partial charge in [-0.05, 0) is 35.9 Å². The van der Waals surface area contributed by atoms with E-state index in [1.54, 1.807) is 12.5 Å². The van der Waals surface area contributed by atoms with Gasteiger partial charge in [0.15, 0.2) is 0 Å². The summed E-state index contributed by atoms with van der Waals surface area (Å²) < 4.78 is 6.27. The van der Waals surface area contributed by atoms with E-state index in [-0.39, 0.29) is 0 Å². The van der Waals surface area contributed by atoms with E-state index in [1.165, 1.54) is 0 Å². The Balaban J connectivity index is 2.21. The molecule has 0 amide bonds. The van der Waals surface area contributed by atoms with Crippen molar-refractivity contribution in [1.82, 2.24) is 9.97 Å². The smallest absolute Gasteiger partial charge is 0.142 e. The van der Waals surface area contributed by atoms with Crippen LogP contribution in [0.3, 0.4) is 0 Å². The highest BCUT2D eigenvalue weighted by Crippen LogP contribution is 2.11. The molecule has 1 heterocycles. The van der Waals surface area contributed by atoms with Crippen molar-refractivity contribution in [3.8, 4) is 0 Å². The third kappa shape index (κ3) is 4.19. The summed E-state index contributed by atoms with van der Waals surface area (Å²) >= 11 is 2.21. The molecule has 0 aliphatic heterocycles. The van der Waals surface area contributed by atoms with Gasteiger partial charge in [-0.3, -0.25) is 0 Å². The molecule has 0 saturated heterocycles. The average Bonchev–Trinajstić information content (AvgIpc) is 2.20. The van der Waals surface area contributed by atoms with Crippen LogP contribution in [-0.2, 0) is 4.74 Å². The molecule has 0 bridgehead atoms. The summed E-state index contributed by atoms with van der Waals surface area (Å²) in [5.74, 6) is 0.900. The van der Waals surface area contributed by atoms with Crippen LogP contribution in [0, 0.1) is 3.57 Å². The Morgan fingerprint density at radius 1 is 1.57 bits per heavy atom. The summed E-state index contributed by atoms with van der Waals surface area (Å²) in [6.07, 6.45) is 4.33. The third-order valence-corrected chi connectivity index (χ3v) is 2.42. The van der Waals surface area contributed by atoms with Crippen molar-refractivity contribution in [3.05, 3.63) is 16.1 Å². The SMILES string of the molecule is CCOCCCNc1ncncc1I. The van der Waals surface area contributed by atoms with Crippen LogP contribution in [0.4, 0.5) is 5.82 Å². The number of nitrogens with one attached hydrogen (secondary N) is 1. The van der Waals surface area contributed by atoms with Crippen molar-refractivity contribution in [3.63, 3.8) is 0 Å². The fraction of sp³-hybridized carbons (Fsp3) is 0.556. The molecule has 0 aliphatic rings. The summed E-state index contributed by atoms with van der Waals surface area (Å²) in [7, 11) is 0. The molecule has 1 aromatic rings. The number of aromatic nitrogens is 2. The minimum atomic E-state index is 0.783. The number of rotatable bonds is 6. The molecule has 0 spiro atoms. The summed E-state index contributed by atoms with van der Waals surface area (Å²) in [6, 6.07) is 0. The first-order chi connectivity index (χ1) is 6.84. The van der Waals surface area contributed by atoms with Crippen molar-refractivity contribution >= 4 is 28.4 Å². The Labute approximate surface area is 97.6 Å². The van der Waals surface area contributed by atoms with Gasteiger partial charge in [-0.1, -0.05) is 0 Å². The van der Waals surface area contributed by atoms with Crippen LogP contribution >= 0.6 is 22.6 Å². The minimum Gasteiger partial charge on any atom is -0.382 e. The van der Waals surface area contributed by atoms with Crippen molar-refractivity contribution in [2.45, 2.75) is 13.3 Å². The lowest BCUT2D eigenvalue weighted by molar-refractivity contribution is 0.147. The summed E-state index contributed by atoms with van der Waals surface area (Å²) in [6.45, 7) is 4.46. The highest BCUT2D eigenvalue weighted by molar-refractivity contribution is 14.1. The molecule has 1 N–H and O–H groups in total. The zero-order valence-corrected chi connectivity index (χ0v) is 10.3. The maximum atomic E-state index is 5.23. The molecule has 0 aromatic carbocycles. The quantitative estimate of drug-likeness (QED) is 0.644. The van der Waals surface area contributed by atoms with E-state index < -0.39 is 0 Å². The average molecular weight is 307 g/mol. The highest BCUT2D eigenvalue weighted by Gasteiger charge is 1.98. The second kappa shape index (κ2) is 6.94. The fourth-order valence-electron chi connectivity index (χ4n) is 0.968. The van der Waals surface area contributed by atoms with Crippen LogP contribution in [0.25, 0.3) is 0 Å². The lowest BCUT2D eigenvalue weighted by Crippen LogP contribution is -2.08. The maximum Gasteiger partial charge on any atom is 0.142 e. The fourth-order valence-corrected chi connectivity index (χ4v) is 1.46. The molecule has 0 saturated carbocycles. The molecule has 78 valence electrons. The largest absolute Gasteiger partial charge is 0.382 e. The van der Waals surface area contributed by atoms with Gasteiger partial charge in [0.2, 0.25) is 0 Å². The number of hydrogen-bond donors (Lipinski definition) is 1. The molecule has 4 nitrogen and oxygen atoms in total. The van der Waals surface area contributed by atoms with Crippen LogP contribution in [-0.4, -0.2) is 29.7 Å². The van der Waals surface area contributed by atoms with E-state index >= 15 is 0 Å². The van der Waals surface area contributed by atoms with Gasteiger partial charge in [-0.2, -0.15) is 0 Å². The molecule has 14 heavy (non-hydrogen) atoms. The number of hydrogen-bond acceptors (Lipinski definition) is 4. The second-order valence-corrected chi connectivity index (χ2v) is 3.86. The molecule has 5 heteroatoms. The normalized spacial score (nSPS) is 10.1. The van der Waals surface area contributed by atoms with Gasteiger partial charge in [0.25, 0.3) is 0 Å². The molecule has 1 rings (SSSR count). The highest BCUT2D eigenvalue weighted by atomic mass is 127. The maximum absolute atomic E-state index is 5.23. The zero-order chi connectivity index (χ0) is 10.2. The molecule has 0 atom stereocenters. The molecular formula is C9H14IN3O. The van der Waals surface area contributed by atoms with Crippen molar-refractivity contribution in [2.24, 2.45) is 0 Å². The van der Waals surface area contributed by atoms with Crippen molar-refractivity contribution < 1.29 is 4.74 Å². The minimum absolute atomic E-state index is 0.783. The van der Waals surface area contributed by atoms with Crippen molar-refractivity contribution in [1.29, 1.82) is 0 Å². The van der Waals surface area contributed by atoms with E-state index in [2.05, 4.69) is 37.9 Å². The van der Waals surface area contributed by atoms with E-state index in [0.717, 1.165) is 35.6 Å². The van der Waals surface area contributed by atoms with E-state index in [9.17, 15) is 0 Å². The zero-order valence-electron chi connectivity index (χ0n) is 8.16. The first kappa shape index (κ1) is 11.6. The van der Waals surface area contributed by atoms with Crippen LogP contribution < -0.4 is 5.32 Å². The Morgan fingerprint density at radius 2 is 2.43 bits per heavy atom. The van der Waals surface area contributed by atoms with E-state index in [1.807, 2.05) is 6.92 Å². The topological polar surface area (TPSA) is 47.0 Å². The number of anilines is 1. The van der Waals surface area contributed by atoms with Crippen LogP contribution in [0.15, 0.2) is 12.5 Å². The summed E-state index contributed by atoms with van der Waals surface area (Å²) in [4.78, 5) is 8.04. The van der Waals surface area contributed by atoms with Crippen LogP contribution in [0.5, 0.6) is 0 Å². The number of ether oxygens (including phenoxy) is 1. The van der Waals surface area contributed by atoms with Gasteiger partial charge in [0.05, 0.1) is 3.57 Å². The monoisotopic (exact) mass is 307 g/mol. The molecule has 0 aliphatic carbocycles. The van der Waals surface area contributed by atoms with Crippen LogP contribution in [0.2, 0.25) is 0 Å². The molecule has 1 aromatic heterocycles. The van der Waals surface area contributed by atoms with Crippen LogP contribution in [0.1, 0.15) is 13.3 Å². The van der Waals surface area contributed by atoms with Crippen molar-refractivity contribution in [2.75, 3.05) is 25.1 Å². The molecule has 0 unspecified atom stereocenters. The molecular weight excluding hydrogens is 293 g/mol. The Hall–Kier alpha value is -0.430. The first-order valence-electron chi connectivity index (χ1n) is 4.61. The van der Waals surface area contributed by atoms with E-state index in [0.29, 0.717) is 0 Å². The van der Waals surface area contributed by atoms with E-state index in [4.69, 9.17) is 4.74 Å². The predicted octanol–water partition coefficient (Wildman–Crippen LogP) is 1.92. The molecule has 0 fully saturated rings. The number of nitrogens with zero attached hydrogens (tertiary/aromatic N) is 2. The Kier molecular flexibility index (Phi) is 5.77. The van der Waals surface area contributed by atoms with Gasteiger partial charge in [-0.25, -0.2) is 9.97 Å². The van der Waals surface area contributed by atoms with Gasteiger partial charge >= 0.3 is 0 Å². The second-order valence-electron chi connectivity index (χ2n) is 2.70. The van der Waals surface area contributed by atoms with Gasteiger partial charge in [0, 0.05) is 26.0 Å². The standard InChI is InChI=1S/C9H14IN3O/c1-2-14-5-3-4-12-9-8(10)6-11-7-13-9/h6-7H,2-5H2,1H3,(H,11,12,13). The number of halogens is 1. The first-order valence-corrected chi connectivity index (χ1v) is 5.69. The van der Waals surface area contributed by atoms with Gasteiger partial charge in [0.1, 0.15) is 12.1 Å². The summed E-state index contributed by atoms with van der Waals surface area (Å²) in [5, 5.41) is 3.23. The third-order valence-electron chi connectivity index (χ3n) is 1.63. The lowest BCUT2D eigenvalue weighted by atomic mass is 10.4. The lowest BCUT2D eigenvalue weighted by Gasteiger charge is -2.06. The van der Waals surface area contributed by atoms with Gasteiger partial charge < -0.3 is 10.1 Å². The Morgan fingerprint density at radius 3 is 3.14 bits per heavy atom. The predicted molar refractivity (Wildman–Crippen MR) is 64.3 cm³/mol. The Bertz CT molecular complexity index is 270. The van der Waals surface area contributed by atoms with Gasteiger partial charge in [-0.15, -0.1) is 0 Å². The molecule has 0 radical (unpaired) electrons.